The number of rotatable bonds is 6. The first-order chi connectivity index (χ1) is 12.2. The maximum Gasteiger partial charge on any atom is 0.239 e. The summed E-state index contributed by atoms with van der Waals surface area (Å²) < 4.78 is 5.36. The number of carbonyl (C=O) groups excluding carboxylic acids is 1. The maximum atomic E-state index is 12.4. The van der Waals surface area contributed by atoms with Crippen LogP contribution < -0.4 is 15.0 Å². The van der Waals surface area contributed by atoms with E-state index in [0.717, 1.165) is 30.6 Å². The summed E-state index contributed by atoms with van der Waals surface area (Å²) in [5.41, 5.74) is 3.64. The third kappa shape index (κ3) is 4.13. The number of nitrogens with one attached hydrogen (secondary N) is 1. The molecule has 0 aliphatic carbocycles. The van der Waals surface area contributed by atoms with Crippen LogP contribution in [0.15, 0.2) is 48.5 Å². The molecule has 1 aliphatic heterocycles. The van der Waals surface area contributed by atoms with Crippen molar-refractivity contribution in [2.45, 2.75) is 32.2 Å². The Kier molecular flexibility index (Phi) is 5.59. The SMILES string of the molecule is COc1ccccc1CCNC(=O)CN1c2ccccc2CC[C@@H]1C. The quantitative estimate of drug-likeness (QED) is 0.879. The molecule has 0 bridgehead atoms. The van der Waals surface area contributed by atoms with Gasteiger partial charge in [0.05, 0.1) is 13.7 Å². The molecule has 4 heteroatoms. The van der Waals surface area contributed by atoms with Gasteiger partial charge in [-0.05, 0) is 49.4 Å². The molecular formula is C21H26N2O2. The van der Waals surface area contributed by atoms with E-state index in [1.54, 1.807) is 7.11 Å². The number of fused-ring (bicyclic) bond motifs is 1. The minimum absolute atomic E-state index is 0.0680. The van der Waals surface area contributed by atoms with E-state index >= 15 is 0 Å². The van der Waals surface area contributed by atoms with Crippen LogP contribution >= 0.6 is 0 Å². The van der Waals surface area contributed by atoms with Gasteiger partial charge in [0.2, 0.25) is 5.91 Å². The predicted molar refractivity (Wildman–Crippen MR) is 101 cm³/mol. The zero-order chi connectivity index (χ0) is 17.6. The number of methoxy groups -OCH3 is 1. The highest BCUT2D eigenvalue weighted by atomic mass is 16.5. The summed E-state index contributed by atoms with van der Waals surface area (Å²) in [6.45, 7) is 3.21. The molecule has 0 unspecified atom stereocenters. The summed E-state index contributed by atoms with van der Waals surface area (Å²) in [6.07, 6.45) is 2.94. The molecule has 0 saturated carbocycles. The van der Waals surface area contributed by atoms with Crippen LogP contribution in [0.25, 0.3) is 0 Å². The van der Waals surface area contributed by atoms with Gasteiger partial charge in [0.25, 0.3) is 0 Å². The monoisotopic (exact) mass is 338 g/mol. The summed E-state index contributed by atoms with van der Waals surface area (Å²) >= 11 is 0. The number of aryl methyl sites for hydroxylation is 1. The second-order valence-corrected chi connectivity index (χ2v) is 6.56. The Morgan fingerprint density at radius 2 is 1.96 bits per heavy atom. The molecule has 1 N–H and O–H groups in total. The number of para-hydroxylation sites is 2. The first-order valence-corrected chi connectivity index (χ1v) is 8.92. The molecule has 0 radical (unpaired) electrons. The highest BCUT2D eigenvalue weighted by Gasteiger charge is 2.24. The minimum Gasteiger partial charge on any atom is -0.496 e. The molecule has 1 heterocycles. The molecule has 0 spiro atoms. The number of benzene rings is 2. The summed E-state index contributed by atoms with van der Waals surface area (Å²) in [6, 6.07) is 16.7. The van der Waals surface area contributed by atoms with E-state index in [2.05, 4.69) is 35.3 Å². The van der Waals surface area contributed by atoms with Crippen LogP contribution in [0.4, 0.5) is 5.69 Å². The molecule has 1 amide bonds. The van der Waals surface area contributed by atoms with Crippen molar-refractivity contribution < 1.29 is 9.53 Å². The van der Waals surface area contributed by atoms with E-state index in [4.69, 9.17) is 4.74 Å². The molecule has 2 aromatic carbocycles. The fraction of sp³-hybridized carbons (Fsp3) is 0.381. The second-order valence-electron chi connectivity index (χ2n) is 6.56. The van der Waals surface area contributed by atoms with Crippen molar-refractivity contribution in [1.29, 1.82) is 0 Å². The lowest BCUT2D eigenvalue weighted by Crippen LogP contribution is -2.44. The van der Waals surface area contributed by atoms with E-state index in [-0.39, 0.29) is 5.91 Å². The van der Waals surface area contributed by atoms with Gasteiger partial charge in [-0.25, -0.2) is 0 Å². The Balaban J connectivity index is 1.56. The Hall–Kier alpha value is -2.49. The molecule has 2 aromatic rings. The van der Waals surface area contributed by atoms with E-state index in [0.29, 0.717) is 19.1 Å². The van der Waals surface area contributed by atoms with Gasteiger partial charge in [0.15, 0.2) is 0 Å². The zero-order valence-corrected chi connectivity index (χ0v) is 15.0. The van der Waals surface area contributed by atoms with Crippen LogP contribution in [0.1, 0.15) is 24.5 Å². The molecule has 25 heavy (non-hydrogen) atoms. The molecule has 1 aliphatic rings. The van der Waals surface area contributed by atoms with E-state index < -0.39 is 0 Å². The van der Waals surface area contributed by atoms with Crippen LogP contribution in [-0.2, 0) is 17.6 Å². The van der Waals surface area contributed by atoms with Crippen molar-refractivity contribution >= 4 is 11.6 Å². The predicted octanol–water partition coefficient (Wildman–Crippen LogP) is 3.20. The average Bonchev–Trinajstić information content (AvgIpc) is 2.64. The molecule has 0 aromatic heterocycles. The van der Waals surface area contributed by atoms with Crippen molar-refractivity contribution in [1.82, 2.24) is 5.32 Å². The van der Waals surface area contributed by atoms with Crippen molar-refractivity contribution in [3.63, 3.8) is 0 Å². The molecule has 0 fully saturated rings. The average molecular weight is 338 g/mol. The Morgan fingerprint density at radius 3 is 2.80 bits per heavy atom. The topological polar surface area (TPSA) is 41.6 Å². The van der Waals surface area contributed by atoms with E-state index in [1.807, 2.05) is 30.3 Å². The standard InChI is InChI=1S/C21H26N2O2/c1-16-11-12-17-7-3-5-9-19(17)23(16)15-21(24)22-14-13-18-8-4-6-10-20(18)25-2/h3-10,16H,11-15H2,1-2H3,(H,22,24)/t16-/m0/s1. The zero-order valence-electron chi connectivity index (χ0n) is 15.0. The Morgan fingerprint density at radius 1 is 1.20 bits per heavy atom. The number of amides is 1. The van der Waals surface area contributed by atoms with Gasteiger partial charge in [-0.15, -0.1) is 0 Å². The van der Waals surface area contributed by atoms with Gasteiger partial charge in [-0.2, -0.15) is 0 Å². The fourth-order valence-corrected chi connectivity index (χ4v) is 3.46. The van der Waals surface area contributed by atoms with Gasteiger partial charge < -0.3 is 15.0 Å². The molecule has 132 valence electrons. The van der Waals surface area contributed by atoms with Gasteiger partial charge >= 0.3 is 0 Å². The first kappa shape index (κ1) is 17.3. The lowest BCUT2D eigenvalue weighted by molar-refractivity contribution is -0.119. The molecule has 3 rings (SSSR count). The van der Waals surface area contributed by atoms with Crippen LogP contribution in [-0.4, -0.2) is 32.1 Å². The number of hydrogen-bond acceptors (Lipinski definition) is 3. The third-order valence-electron chi connectivity index (χ3n) is 4.89. The van der Waals surface area contributed by atoms with Crippen molar-refractivity contribution in [2.24, 2.45) is 0 Å². The van der Waals surface area contributed by atoms with Gasteiger partial charge in [-0.1, -0.05) is 36.4 Å². The van der Waals surface area contributed by atoms with E-state index in [1.165, 1.54) is 11.3 Å². The number of hydrogen-bond donors (Lipinski definition) is 1. The molecule has 4 nitrogen and oxygen atoms in total. The minimum atomic E-state index is 0.0680. The summed E-state index contributed by atoms with van der Waals surface area (Å²) in [4.78, 5) is 14.6. The Labute approximate surface area is 149 Å². The van der Waals surface area contributed by atoms with Crippen LogP contribution in [0.3, 0.4) is 0 Å². The lowest BCUT2D eigenvalue weighted by Gasteiger charge is -2.36. The molecule has 0 saturated heterocycles. The van der Waals surface area contributed by atoms with Crippen molar-refractivity contribution in [3.05, 3.63) is 59.7 Å². The number of carbonyl (C=O) groups is 1. The molecular weight excluding hydrogens is 312 g/mol. The largest absolute Gasteiger partial charge is 0.496 e. The van der Waals surface area contributed by atoms with Crippen molar-refractivity contribution in [2.75, 3.05) is 25.1 Å². The summed E-state index contributed by atoms with van der Waals surface area (Å²) in [5.74, 6) is 0.939. The smallest absolute Gasteiger partial charge is 0.239 e. The molecule has 1 atom stereocenters. The lowest BCUT2D eigenvalue weighted by atomic mass is 9.96. The van der Waals surface area contributed by atoms with Gasteiger partial charge in [0.1, 0.15) is 5.75 Å². The van der Waals surface area contributed by atoms with E-state index in [9.17, 15) is 4.79 Å². The second kappa shape index (κ2) is 8.06. The normalized spacial score (nSPS) is 16.2. The number of nitrogens with zero attached hydrogens (tertiary/aromatic N) is 1. The van der Waals surface area contributed by atoms with Crippen molar-refractivity contribution in [3.8, 4) is 5.75 Å². The Bertz CT molecular complexity index is 729. The summed E-state index contributed by atoms with van der Waals surface area (Å²) in [7, 11) is 1.67. The van der Waals surface area contributed by atoms with Crippen LogP contribution in [0.2, 0.25) is 0 Å². The highest BCUT2D eigenvalue weighted by molar-refractivity contribution is 5.82. The maximum absolute atomic E-state index is 12.4. The van der Waals surface area contributed by atoms with Gasteiger partial charge in [0, 0.05) is 18.3 Å². The summed E-state index contributed by atoms with van der Waals surface area (Å²) in [5, 5.41) is 3.04. The van der Waals surface area contributed by atoms with Gasteiger partial charge in [-0.3, -0.25) is 4.79 Å². The van der Waals surface area contributed by atoms with Crippen LogP contribution in [0, 0.1) is 0 Å². The number of anilines is 1. The number of ether oxygens (including phenoxy) is 1. The fourth-order valence-electron chi connectivity index (χ4n) is 3.46. The first-order valence-electron chi connectivity index (χ1n) is 8.92. The highest BCUT2D eigenvalue weighted by Crippen LogP contribution is 2.29. The van der Waals surface area contributed by atoms with Crippen LogP contribution in [0.5, 0.6) is 5.75 Å². The third-order valence-corrected chi connectivity index (χ3v) is 4.89.